The number of carbonyl (C=O) groups excluding carboxylic acids is 2. The molecule has 14 nitrogen and oxygen atoms in total. The highest BCUT2D eigenvalue weighted by Gasteiger charge is 2.17. The molecule has 0 spiro atoms. The first kappa shape index (κ1) is 22.2. The van der Waals surface area contributed by atoms with Crippen LogP contribution in [0.15, 0.2) is 8.68 Å². The van der Waals surface area contributed by atoms with E-state index in [1.165, 1.54) is 0 Å². The summed E-state index contributed by atoms with van der Waals surface area (Å²) in [5.41, 5.74) is 0. The third-order valence-corrected chi connectivity index (χ3v) is 7.15. The predicted molar refractivity (Wildman–Crippen MR) is 98.3 cm³/mol. The van der Waals surface area contributed by atoms with Crippen LogP contribution < -0.4 is 20.9 Å². The van der Waals surface area contributed by atoms with Gasteiger partial charge in [-0.15, -0.1) is 20.4 Å². The zero-order valence-corrected chi connectivity index (χ0v) is 17.1. The number of rotatable bonds is 9. The Morgan fingerprint density at radius 3 is 1.39 bits per heavy atom. The Labute approximate surface area is 166 Å². The first-order chi connectivity index (χ1) is 12.9. The molecule has 2 rings (SSSR count). The van der Waals surface area contributed by atoms with E-state index in [0.29, 0.717) is 35.5 Å². The molecular weight excluding hydrogens is 456 g/mol. The molecule has 2 amide bonds. The van der Waals surface area contributed by atoms with Gasteiger partial charge in [-0.3, -0.25) is 9.59 Å². The molecule has 0 saturated carbocycles. The minimum Gasteiger partial charge on any atom is -0.301 e. The molecule has 0 saturated heterocycles. The lowest BCUT2D eigenvalue weighted by Crippen LogP contribution is -2.13. The van der Waals surface area contributed by atoms with Crippen molar-refractivity contribution < 1.29 is 26.4 Å². The van der Waals surface area contributed by atoms with Crippen LogP contribution in [0, 0.1) is 0 Å². The van der Waals surface area contributed by atoms with Gasteiger partial charge >= 0.3 is 0 Å². The monoisotopic (exact) mass is 470 g/mol. The lowest BCUT2D eigenvalue weighted by Gasteiger charge is -2.02. The van der Waals surface area contributed by atoms with Gasteiger partial charge in [0.05, 0.1) is 0 Å². The van der Waals surface area contributed by atoms with E-state index in [1.807, 2.05) is 0 Å². The summed E-state index contributed by atoms with van der Waals surface area (Å²) in [5, 5.41) is 28.2. The first-order valence-electron chi connectivity index (χ1n) is 7.27. The van der Waals surface area contributed by atoms with Gasteiger partial charge in [-0.1, -0.05) is 22.7 Å². The van der Waals surface area contributed by atoms with Gasteiger partial charge in [-0.25, -0.2) is 27.1 Å². The molecule has 2 aromatic heterocycles. The minimum atomic E-state index is -3.98. The second kappa shape index (κ2) is 8.92. The topological polar surface area (TPSA) is 230 Å². The highest BCUT2D eigenvalue weighted by molar-refractivity contribution is 7.91. The molecule has 0 unspecified atom stereocenters. The number of anilines is 2. The smallest absolute Gasteiger partial charge is 0.267 e. The van der Waals surface area contributed by atoms with E-state index in [0.717, 1.165) is 0 Å². The van der Waals surface area contributed by atoms with Crippen LogP contribution in [-0.4, -0.2) is 49.0 Å². The molecule has 6 N–H and O–H groups in total. The van der Waals surface area contributed by atoms with Crippen LogP contribution in [0.3, 0.4) is 0 Å². The third kappa shape index (κ3) is 6.80. The van der Waals surface area contributed by atoms with Gasteiger partial charge in [0.15, 0.2) is 0 Å². The van der Waals surface area contributed by atoms with E-state index in [1.54, 1.807) is 0 Å². The van der Waals surface area contributed by atoms with Gasteiger partial charge in [-0.05, 0) is 12.8 Å². The fourth-order valence-corrected chi connectivity index (χ4v) is 4.38. The summed E-state index contributed by atoms with van der Waals surface area (Å²) < 4.78 is 43.5. The van der Waals surface area contributed by atoms with Crippen molar-refractivity contribution in [2.75, 3.05) is 10.6 Å². The van der Waals surface area contributed by atoms with Crippen LogP contribution in [0.2, 0.25) is 0 Å². The summed E-state index contributed by atoms with van der Waals surface area (Å²) >= 11 is 1.24. The maximum absolute atomic E-state index is 11.8. The summed E-state index contributed by atoms with van der Waals surface area (Å²) in [6.45, 7) is 0. The molecule has 0 aliphatic carbocycles. The van der Waals surface area contributed by atoms with Crippen molar-refractivity contribution in [1.82, 2.24) is 20.4 Å². The van der Waals surface area contributed by atoms with E-state index in [9.17, 15) is 26.4 Å². The Bertz CT molecular complexity index is 989. The fraction of sp³-hybridized carbons (Fsp3) is 0.400. The van der Waals surface area contributed by atoms with Crippen molar-refractivity contribution in [2.45, 2.75) is 34.4 Å². The van der Waals surface area contributed by atoms with Gasteiger partial charge < -0.3 is 10.6 Å². The van der Waals surface area contributed by atoms with Gasteiger partial charge in [0.25, 0.3) is 20.0 Å². The molecular formula is C10H14N8O6S4. The molecule has 2 aromatic rings. The van der Waals surface area contributed by atoms with E-state index in [2.05, 4.69) is 31.0 Å². The van der Waals surface area contributed by atoms with Crippen LogP contribution in [0.1, 0.15) is 25.7 Å². The number of nitrogens with two attached hydrogens (primary N) is 2. The largest absolute Gasteiger partial charge is 0.301 e. The Morgan fingerprint density at radius 1 is 0.750 bits per heavy atom. The quantitative estimate of drug-likeness (QED) is 0.253. The fourth-order valence-electron chi connectivity index (χ4n) is 1.69. The molecule has 0 aliphatic heterocycles. The number of sulfonamides is 2. The number of hydrogen-bond acceptors (Lipinski definition) is 12. The standard InChI is InChI=1S/C10H14N8O6S4/c11-27(21,22)9-17-15-7(25-9)13-5(19)3-1-2-4-6(20)14-8-16-18-10(26-8)28(12,23)24/h1-4H2,(H2,11,21,22)(H2,12,23,24)(H,13,15,19)(H,14,16,20). The van der Waals surface area contributed by atoms with Crippen LogP contribution in [0.25, 0.3) is 0 Å². The lowest BCUT2D eigenvalue weighted by atomic mass is 10.2. The van der Waals surface area contributed by atoms with Crippen molar-refractivity contribution in [3.8, 4) is 0 Å². The number of aromatic nitrogens is 4. The average Bonchev–Trinajstić information content (AvgIpc) is 3.20. The molecule has 0 bridgehead atoms. The number of nitrogens with one attached hydrogen (secondary N) is 2. The molecule has 154 valence electrons. The lowest BCUT2D eigenvalue weighted by molar-refractivity contribution is -0.118. The molecule has 0 aromatic carbocycles. The summed E-state index contributed by atoms with van der Waals surface area (Å²) in [6, 6.07) is 0. The molecule has 28 heavy (non-hydrogen) atoms. The number of amides is 2. The molecule has 0 fully saturated rings. The van der Waals surface area contributed by atoms with E-state index >= 15 is 0 Å². The number of primary sulfonamides is 2. The highest BCUT2D eigenvalue weighted by Crippen LogP contribution is 2.20. The molecule has 2 heterocycles. The Morgan fingerprint density at radius 2 is 1.11 bits per heavy atom. The summed E-state index contributed by atoms with van der Waals surface area (Å²) in [7, 11) is -7.96. The number of carbonyl (C=O) groups is 2. The first-order valence-corrected chi connectivity index (χ1v) is 12.0. The van der Waals surface area contributed by atoms with Gasteiger partial charge in [-0.2, -0.15) is 0 Å². The van der Waals surface area contributed by atoms with Crippen LogP contribution in [0.5, 0.6) is 0 Å². The Kier molecular flexibility index (Phi) is 7.06. The van der Waals surface area contributed by atoms with Crippen LogP contribution >= 0.6 is 22.7 Å². The van der Waals surface area contributed by atoms with Gasteiger partial charge in [0.2, 0.25) is 30.8 Å². The second-order valence-corrected chi connectivity index (χ2v) is 10.6. The van der Waals surface area contributed by atoms with Crippen molar-refractivity contribution in [2.24, 2.45) is 10.3 Å². The Hall–Kier alpha value is -2.12. The van der Waals surface area contributed by atoms with Crippen molar-refractivity contribution in [3.05, 3.63) is 0 Å². The number of hydrogen-bond donors (Lipinski definition) is 4. The molecule has 18 heteroatoms. The minimum absolute atomic E-state index is 0.00584. The molecule has 0 radical (unpaired) electrons. The Balaban J connectivity index is 1.70. The van der Waals surface area contributed by atoms with E-state index in [-0.39, 0.29) is 23.1 Å². The van der Waals surface area contributed by atoms with E-state index < -0.39 is 40.5 Å². The van der Waals surface area contributed by atoms with Crippen molar-refractivity contribution in [3.63, 3.8) is 0 Å². The van der Waals surface area contributed by atoms with Crippen molar-refractivity contribution in [1.29, 1.82) is 0 Å². The summed E-state index contributed by atoms with van der Waals surface area (Å²) in [6.07, 6.45) is 0.842. The van der Waals surface area contributed by atoms with Crippen LogP contribution in [-0.2, 0) is 29.6 Å². The summed E-state index contributed by atoms with van der Waals surface area (Å²) in [4.78, 5) is 23.5. The predicted octanol–water partition coefficient (Wildman–Crippen LogP) is -1.18. The van der Waals surface area contributed by atoms with Crippen molar-refractivity contribution >= 4 is 64.8 Å². The maximum atomic E-state index is 11.8. The SMILES string of the molecule is NS(=O)(=O)c1nnc(NC(=O)CCCCC(=O)Nc2nnc(S(N)(=O)=O)s2)s1. The summed E-state index contributed by atoms with van der Waals surface area (Å²) in [5.74, 6) is -0.862. The normalized spacial score (nSPS) is 11.9. The molecule has 0 atom stereocenters. The third-order valence-electron chi connectivity index (χ3n) is 2.85. The number of unbranched alkanes of at least 4 members (excludes halogenated alkanes) is 1. The van der Waals surface area contributed by atoms with Gasteiger partial charge in [0, 0.05) is 12.8 Å². The maximum Gasteiger partial charge on any atom is 0.267 e. The second-order valence-electron chi connectivity index (χ2n) is 5.14. The zero-order valence-electron chi connectivity index (χ0n) is 13.9. The zero-order chi connectivity index (χ0) is 20.9. The van der Waals surface area contributed by atoms with E-state index in [4.69, 9.17) is 10.3 Å². The average molecular weight is 471 g/mol. The highest BCUT2D eigenvalue weighted by atomic mass is 32.3. The van der Waals surface area contributed by atoms with Crippen LogP contribution in [0.4, 0.5) is 10.3 Å². The number of nitrogens with zero attached hydrogens (tertiary/aromatic N) is 4. The molecule has 0 aliphatic rings. The van der Waals surface area contributed by atoms with Gasteiger partial charge in [0.1, 0.15) is 0 Å².